The lowest BCUT2D eigenvalue weighted by atomic mass is 10.0. The molecule has 2 heterocycles. The van der Waals surface area contributed by atoms with Crippen molar-refractivity contribution >= 4 is 17.4 Å². The zero-order chi connectivity index (χ0) is 22.9. The van der Waals surface area contributed by atoms with Gasteiger partial charge in [0, 0.05) is 18.4 Å². The highest BCUT2D eigenvalue weighted by Gasteiger charge is 2.41. The smallest absolute Gasteiger partial charge is 0.359 e. The normalized spacial score (nSPS) is 14.7. The molecule has 0 spiro atoms. The van der Waals surface area contributed by atoms with E-state index in [0.29, 0.717) is 30.0 Å². The third kappa shape index (κ3) is 4.07. The molecular formula is C27H24FN4O+. The van der Waals surface area contributed by atoms with Crippen molar-refractivity contribution in [3.63, 3.8) is 0 Å². The molecule has 0 radical (unpaired) electrons. The van der Waals surface area contributed by atoms with Crippen molar-refractivity contribution in [2.45, 2.75) is 25.8 Å². The van der Waals surface area contributed by atoms with Gasteiger partial charge in [0.15, 0.2) is 11.9 Å². The summed E-state index contributed by atoms with van der Waals surface area (Å²) in [5.74, 6) is 0.0210. The van der Waals surface area contributed by atoms with E-state index in [2.05, 4.69) is 5.32 Å². The number of hydrogen-bond acceptors (Lipinski definition) is 4. The predicted octanol–water partition coefficient (Wildman–Crippen LogP) is 4.33. The highest BCUT2D eigenvalue weighted by Crippen LogP contribution is 2.28. The summed E-state index contributed by atoms with van der Waals surface area (Å²) in [6.07, 6.45) is 2.66. The summed E-state index contributed by atoms with van der Waals surface area (Å²) in [6.45, 7) is 2.03. The van der Waals surface area contributed by atoms with Crippen LogP contribution in [0.15, 0.2) is 79.0 Å². The van der Waals surface area contributed by atoms with Crippen LogP contribution in [0, 0.1) is 12.7 Å². The lowest BCUT2D eigenvalue weighted by molar-refractivity contribution is -0.552. The van der Waals surface area contributed by atoms with Crippen molar-refractivity contribution in [1.82, 2.24) is 4.98 Å². The number of nitrogens with two attached hydrogens (primary N) is 1. The molecule has 1 aliphatic heterocycles. The van der Waals surface area contributed by atoms with E-state index in [9.17, 15) is 9.18 Å². The number of aryl methyl sites for hydroxylation is 1. The zero-order valence-electron chi connectivity index (χ0n) is 18.3. The Morgan fingerprint density at radius 2 is 1.76 bits per heavy atom. The number of nitrogens with zero attached hydrogens (tertiary/aromatic N) is 2. The predicted molar refractivity (Wildman–Crippen MR) is 126 cm³/mol. The van der Waals surface area contributed by atoms with Gasteiger partial charge in [0.2, 0.25) is 0 Å². The number of benzene rings is 3. The lowest BCUT2D eigenvalue weighted by Crippen LogP contribution is -2.44. The molecule has 0 saturated carbocycles. The standard InChI is InChI=1S/C27H23FN4O/c1-17-10-12-19(13-11-17)15-23-27(33)32-16-24(20-8-5-9-21(29)25(20)28)30-22(26(32)31-23)14-18-6-3-2-4-7-18/h2-13,16,23H,14-15,29H2,1H3/p+1. The molecule has 0 saturated heterocycles. The number of carbonyl (C=O) groups excluding carboxylic acids is 1. The van der Waals surface area contributed by atoms with Gasteiger partial charge >= 0.3 is 11.7 Å². The van der Waals surface area contributed by atoms with Crippen LogP contribution in [0.2, 0.25) is 0 Å². The van der Waals surface area contributed by atoms with Crippen LogP contribution >= 0.6 is 0 Å². The highest BCUT2D eigenvalue weighted by molar-refractivity contribution is 5.83. The van der Waals surface area contributed by atoms with E-state index >= 15 is 0 Å². The lowest BCUT2D eigenvalue weighted by Gasteiger charge is -2.08. The third-order valence-corrected chi connectivity index (χ3v) is 5.95. The largest absolute Gasteiger partial charge is 0.396 e. The van der Waals surface area contributed by atoms with E-state index in [-0.39, 0.29) is 17.2 Å². The van der Waals surface area contributed by atoms with Crippen molar-refractivity contribution < 1.29 is 13.8 Å². The van der Waals surface area contributed by atoms with Crippen LogP contribution in [0.1, 0.15) is 27.2 Å². The van der Waals surface area contributed by atoms with Gasteiger partial charge in [-0.25, -0.2) is 14.2 Å². The quantitative estimate of drug-likeness (QED) is 0.359. The van der Waals surface area contributed by atoms with Crippen LogP contribution in [0.4, 0.5) is 15.9 Å². The first-order valence-corrected chi connectivity index (χ1v) is 10.9. The second kappa shape index (κ2) is 8.47. The Balaban J connectivity index is 1.57. The van der Waals surface area contributed by atoms with Crippen LogP contribution < -0.4 is 15.6 Å². The van der Waals surface area contributed by atoms with Gasteiger partial charge < -0.3 is 5.73 Å². The minimum Gasteiger partial charge on any atom is -0.396 e. The molecule has 5 rings (SSSR count). The molecule has 33 heavy (non-hydrogen) atoms. The van der Waals surface area contributed by atoms with Gasteiger partial charge in [0.05, 0.1) is 5.69 Å². The van der Waals surface area contributed by atoms with Gasteiger partial charge in [-0.05, 0) is 30.2 Å². The Hall–Kier alpha value is -4.06. The molecular weight excluding hydrogens is 415 g/mol. The number of anilines is 2. The molecule has 6 heteroatoms. The van der Waals surface area contributed by atoms with Crippen LogP contribution in [0.25, 0.3) is 11.3 Å². The second-order valence-corrected chi connectivity index (χ2v) is 8.39. The minimum atomic E-state index is -0.536. The maximum Gasteiger partial charge on any atom is 0.359 e. The number of halogens is 1. The molecule has 1 aliphatic rings. The average Bonchev–Trinajstić information content (AvgIpc) is 3.13. The first kappa shape index (κ1) is 20.8. The average molecular weight is 440 g/mol. The number of hydrogen-bond donors (Lipinski definition) is 2. The summed E-state index contributed by atoms with van der Waals surface area (Å²) in [7, 11) is 0. The topological polar surface area (TPSA) is 71.9 Å². The van der Waals surface area contributed by atoms with Crippen LogP contribution in [-0.4, -0.2) is 16.9 Å². The second-order valence-electron chi connectivity index (χ2n) is 8.39. The molecule has 0 fully saturated rings. The summed E-state index contributed by atoms with van der Waals surface area (Å²) < 4.78 is 16.4. The summed E-state index contributed by atoms with van der Waals surface area (Å²) in [4.78, 5) is 18.1. The summed E-state index contributed by atoms with van der Waals surface area (Å²) in [6, 6.07) is 22.4. The van der Waals surface area contributed by atoms with Crippen LogP contribution in [0.5, 0.6) is 0 Å². The molecule has 0 bridgehead atoms. The monoisotopic (exact) mass is 439 g/mol. The fraction of sp³-hybridized carbons (Fsp3) is 0.148. The maximum atomic E-state index is 14.8. The van der Waals surface area contributed by atoms with Gasteiger partial charge in [0.1, 0.15) is 17.6 Å². The molecule has 1 aromatic heterocycles. The number of rotatable bonds is 5. The molecule has 164 valence electrons. The Kier molecular flexibility index (Phi) is 5.34. The Morgan fingerprint density at radius 3 is 2.52 bits per heavy atom. The molecule has 4 aromatic rings. The molecule has 3 N–H and O–H groups in total. The number of fused-ring (bicyclic) bond motifs is 1. The van der Waals surface area contributed by atoms with Gasteiger partial charge in [0.25, 0.3) is 0 Å². The number of carbonyl (C=O) groups is 1. The van der Waals surface area contributed by atoms with Gasteiger partial charge in [-0.2, -0.15) is 4.57 Å². The fourth-order valence-corrected chi connectivity index (χ4v) is 4.16. The Morgan fingerprint density at radius 1 is 1.00 bits per heavy atom. The first-order chi connectivity index (χ1) is 16.0. The van der Waals surface area contributed by atoms with Crippen LogP contribution in [0.3, 0.4) is 0 Å². The number of aromatic nitrogens is 2. The van der Waals surface area contributed by atoms with E-state index < -0.39 is 11.9 Å². The molecule has 1 unspecified atom stereocenters. The maximum absolute atomic E-state index is 14.8. The van der Waals surface area contributed by atoms with Crippen LogP contribution in [-0.2, 0) is 12.8 Å². The van der Waals surface area contributed by atoms with Gasteiger partial charge in [-0.1, -0.05) is 66.2 Å². The SMILES string of the molecule is Cc1ccc(CC2Nc3c(Cc4ccccc4)nc(-c4cccc(N)c4F)c[n+]3C2=O)cc1. The van der Waals surface area contributed by atoms with Crippen molar-refractivity contribution in [2.75, 3.05) is 11.1 Å². The molecule has 0 aliphatic carbocycles. The van der Waals surface area contributed by atoms with Crippen molar-refractivity contribution in [3.05, 3.63) is 107 Å². The third-order valence-electron chi connectivity index (χ3n) is 5.95. The van der Waals surface area contributed by atoms with E-state index in [1.165, 1.54) is 11.6 Å². The van der Waals surface area contributed by atoms with E-state index in [4.69, 9.17) is 10.7 Å². The van der Waals surface area contributed by atoms with Crippen molar-refractivity contribution in [3.8, 4) is 11.3 Å². The van der Waals surface area contributed by atoms with Crippen molar-refractivity contribution in [1.29, 1.82) is 0 Å². The fourth-order valence-electron chi connectivity index (χ4n) is 4.16. The molecule has 1 atom stereocenters. The van der Waals surface area contributed by atoms with E-state index in [1.807, 2.05) is 61.5 Å². The van der Waals surface area contributed by atoms with E-state index in [1.54, 1.807) is 22.9 Å². The summed E-state index contributed by atoms with van der Waals surface area (Å²) >= 11 is 0. The van der Waals surface area contributed by atoms with Gasteiger partial charge in [-0.15, -0.1) is 0 Å². The first-order valence-electron chi connectivity index (χ1n) is 10.9. The van der Waals surface area contributed by atoms with Crippen molar-refractivity contribution in [2.24, 2.45) is 0 Å². The highest BCUT2D eigenvalue weighted by atomic mass is 19.1. The number of nitrogens with one attached hydrogen (secondary N) is 1. The zero-order valence-corrected chi connectivity index (χ0v) is 18.3. The summed E-state index contributed by atoms with van der Waals surface area (Å²) in [5.41, 5.74) is 10.5. The number of nitrogen functional groups attached to an aromatic ring is 1. The molecule has 5 nitrogen and oxygen atoms in total. The molecule has 0 amide bonds. The minimum absolute atomic E-state index is 0.0473. The van der Waals surface area contributed by atoms with Gasteiger partial charge in [-0.3, -0.25) is 5.32 Å². The Labute approximate surface area is 191 Å². The Bertz CT molecular complexity index is 1340. The molecule has 3 aromatic carbocycles. The van der Waals surface area contributed by atoms with E-state index in [0.717, 1.165) is 11.1 Å². The summed E-state index contributed by atoms with van der Waals surface area (Å²) in [5, 5.41) is 3.37.